The van der Waals surface area contributed by atoms with Crippen LogP contribution in [0.15, 0.2) is 36.4 Å². The zero-order chi connectivity index (χ0) is 18.0. The molecule has 0 unspecified atom stereocenters. The number of hydrogen-bond donors (Lipinski definition) is 1. The summed E-state index contributed by atoms with van der Waals surface area (Å²) in [5, 5.41) is 14.0. The van der Waals surface area contributed by atoms with Crippen LogP contribution < -0.4 is 10.1 Å². The monoisotopic (exact) mass is 377 g/mol. The molecule has 0 aliphatic carbocycles. The lowest BCUT2D eigenvalue weighted by molar-refractivity contribution is -0.384. The number of rotatable bonds is 5. The van der Waals surface area contributed by atoms with E-state index >= 15 is 0 Å². The molecule has 3 aromatic rings. The number of anilines is 1. The number of carbonyl (C=O) groups is 1. The molecule has 0 spiro atoms. The maximum Gasteiger partial charge on any atom is 0.270 e. The SMILES string of the molecule is CCOc1ccc2nc(NC(=O)c3cc([N+](=O)[O-])ccc3Cl)sc2c1. The second-order valence-electron chi connectivity index (χ2n) is 4.96. The molecule has 3 rings (SSSR count). The number of thiazole rings is 1. The van der Waals surface area contributed by atoms with Crippen molar-refractivity contribution in [1.29, 1.82) is 0 Å². The van der Waals surface area contributed by atoms with E-state index in [1.54, 1.807) is 12.1 Å². The summed E-state index contributed by atoms with van der Waals surface area (Å²) >= 11 is 7.26. The Morgan fingerprint density at radius 3 is 2.88 bits per heavy atom. The quantitative estimate of drug-likeness (QED) is 0.521. The summed E-state index contributed by atoms with van der Waals surface area (Å²) in [6.07, 6.45) is 0. The number of fused-ring (bicyclic) bond motifs is 1. The van der Waals surface area contributed by atoms with Gasteiger partial charge in [0.1, 0.15) is 5.75 Å². The third kappa shape index (κ3) is 3.70. The molecular formula is C16H12ClN3O4S. The Morgan fingerprint density at radius 2 is 2.16 bits per heavy atom. The van der Waals surface area contributed by atoms with Gasteiger partial charge in [-0.3, -0.25) is 20.2 Å². The first-order valence-corrected chi connectivity index (χ1v) is 8.46. The van der Waals surface area contributed by atoms with Crippen molar-refractivity contribution in [2.75, 3.05) is 11.9 Å². The summed E-state index contributed by atoms with van der Waals surface area (Å²) in [5.74, 6) is 0.163. The molecule has 0 aliphatic rings. The molecule has 7 nitrogen and oxygen atoms in total. The lowest BCUT2D eigenvalue weighted by atomic mass is 10.2. The first-order chi connectivity index (χ1) is 12.0. The van der Waals surface area contributed by atoms with Crippen LogP contribution in [-0.2, 0) is 0 Å². The van der Waals surface area contributed by atoms with Gasteiger partial charge < -0.3 is 4.74 Å². The maximum absolute atomic E-state index is 12.4. The summed E-state index contributed by atoms with van der Waals surface area (Å²) in [6, 6.07) is 9.14. The molecule has 128 valence electrons. The number of aromatic nitrogens is 1. The Morgan fingerprint density at radius 1 is 1.36 bits per heavy atom. The topological polar surface area (TPSA) is 94.4 Å². The summed E-state index contributed by atoms with van der Waals surface area (Å²) in [6.45, 7) is 2.45. The van der Waals surface area contributed by atoms with Crippen LogP contribution in [0, 0.1) is 10.1 Å². The number of amides is 1. The van der Waals surface area contributed by atoms with Gasteiger partial charge in [0.2, 0.25) is 0 Å². The molecule has 1 heterocycles. The standard InChI is InChI=1S/C16H12ClN3O4S/c1-2-24-10-4-6-13-14(8-10)25-16(18-13)19-15(21)11-7-9(20(22)23)3-5-12(11)17/h3-8H,2H2,1H3,(H,18,19,21). The molecule has 9 heteroatoms. The van der Waals surface area contributed by atoms with Gasteiger partial charge in [-0.15, -0.1) is 0 Å². The summed E-state index contributed by atoms with van der Waals surface area (Å²) in [5.41, 5.74) is 0.527. The average molecular weight is 378 g/mol. The number of halogens is 1. The number of nitro benzene ring substituents is 1. The molecular weight excluding hydrogens is 366 g/mol. The molecule has 25 heavy (non-hydrogen) atoms. The van der Waals surface area contributed by atoms with Crippen LogP contribution in [0.5, 0.6) is 5.75 Å². The largest absolute Gasteiger partial charge is 0.494 e. The first-order valence-electron chi connectivity index (χ1n) is 7.26. The molecule has 2 aromatic carbocycles. The van der Waals surface area contributed by atoms with Crippen LogP contribution in [0.25, 0.3) is 10.2 Å². The highest BCUT2D eigenvalue weighted by molar-refractivity contribution is 7.22. The molecule has 1 amide bonds. The van der Waals surface area contributed by atoms with Crippen LogP contribution in [0.2, 0.25) is 5.02 Å². The Bertz CT molecular complexity index is 973. The maximum atomic E-state index is 12.4. The molecule has 0 bridgehead atoms. The van der Waals surface area contributed by atoms with Gasteiger partial charge in [0, 0.05) is 12.1 Å². The average Bonchev–Trinajstić information content (AvgIpc) is 2.96. The second kappa shape index (κ2) is 7.04. The van der Waals surface area contributed by atoms with E-state index in [0.717, 1.165) is 16.5 Å². The Balaban J connectivity index is 1.87. The molecule has 0 atom stereocenters. The van der Waals surface area contributed by atoms with Crippen molar-refractivity contribution < 1.29 is 14.5 Å². The zero-order valence-corrected chi connectivity index (χ0v) is 14.6. The molecule has 0 saturated heterocycles. The van der Waals surface area contributed by atoms with Crippen molar-refractivity contribution in [2.45, 2.75) is 6.92 Å². The van der Waals surface area contributed by atoms with Gasteiger partial charge in [0.05, 0.1) is 32.3 Å². The lowest BCUT2D eigenvalue weighted by Crippen LogP contribution is -2.12. The van der Waals surface area contributed by atoms with E-state index in [-0.39, 0.29) is 16.3 Å². The highest BCUT2D eigenvalue weighted by atomic mass is 35.5. The van der Waals surface area contributed by atoms with Gasteiger partial charge in [-0.25, -0.2) is 4.98 Å². The highest BCUT2D eigenvalue weighted by Crippen LogP contribution is 2.30. The molecule has 0 fully saturated rings. The smallest absolute Gasteiger partial charge is 0.270 e. The van der Waals surface area contributed by atoms with Crippen molar-refractivity contribution in [3.63, 3.8) is 0 Å². The Kier molecular flexibility index (Phi) is 4.82. The van der Waals surface area contributed by atoms with Crippen molar-refractivity contribution >= 4 is 49.9 Å². The van der Waals surface area contributed by atoms with E-state index in [0.29, 0.717) is 17.3 Å². The van der Waals surface area contributed by atoms with Crippen LogP contribution in [0.3, 0.4) is 0 Å². The Labute approximate surface area is 151 Å². The second-order valence-corrected chi connectivity index (χ2v) is 6.39. The van der Waals surface area contributed by atoms with Gasteiger partial charge in [-0.1, -0.05) is 22.9 Å². The van der Waals surface area contributed by atoms with Crippen LogP contribution in [0.1, 0.15) is 17.3 Å². The Hall–Kier alpha value is -2.71. The number of nitrogens with zero attached hydrogens (tertiary/aromatic N) is 2. The van der Waals surface area contributed by atoms with Crippen molar-refractivity contribution in [2.24, 2.45) is 0 Å². The fourth-order valence-corrected chi connectivity index (χ4v) is 3.27. The van der Waals surface area contributed by atoms with E-state index in [9.17, 15) is 14.9 Å². The van der Waals surface area contributed by atoms with E-state index < -0.39 is 10.8 Å². The predicted molar refractivity (Wildman–Crippen MR) is 96.8 cm³/mol. The number of nitrogens with one attached hydrogen (secondary N) is 1. The van der Waals surface area contributed by atoms with Crippen LogP contribution >= 0.6 is 22.9 Å². The van der Waals surface area contributed by atoms with Crippen molar-refractivity contribution in [1.82, 2.24) is 4.98 Å². The minimum Gasteiger partial charge on any atom is -0.494 e. The van der Waals surface area contributed by atoms with E-state index in [2.05, 4.69) is 10.3 Å². The summed E-state index contributed by atoms with van der Waals surface area (Å²) < 4.78 is 6.29. The first kappa shape index (κ1) is 17.1. The normalized spacial score (nSPS) is 10.6. The third-order valence-electron chi connectivity index (χ3n) is 3.30. The zero-order valence-electron chi connectivity index (χ0n) is 13.0. The molecule has 0 saturated carbocycles. The van der Waals surface area contributed by atoms with E-state index in [4.69, 9.17) is 16.3 Å². The van der Waals surface area contributed by atoms with Crippen LogP contribution in [0.4, 0.5) is 10.8 Å². The summed E-state index contributed by atoms with van der Waals surface area (Å²) in [7, 11) is 0. The molecule has 0 aliphatic heterocycles. The van der Waals surface area contributed by atoms with Gasteiger partial charge in [-0.2, -0.15) is 0 Å². The number of benzene rings is 2. The number of hydrogen-bond acceptors (Lipinski definition) is 6. The fraction of sp³-hybridized carbons (Fsp3) is 0.125. The van der Waals surface area contributed by atoms with Crippen LogP contribution in [-0.4, -0.2) is 22.4 Å². The molecule has 1 aromatic heterocycles. The fourth-order valence-electron chi connectivity index (χ4n) is 2.18. The number of ether oxygens (including phenoxy) is 1. The van der Waals surface area contributed by atoms with E-state index in [1.165, 1.54) is 23.5 Å². The van der Waals surface area contributed by atoms with Gasteiger partial charge in [0.25, 0.3) is 11.6 Å². The van der Waals surface area contributed by atoms with Crippen molar-refractivity contribution in [3.8, 4) is 5.75 Å². The lowest BCUT2D eigenvalue weighted by Gasteiger charge is -2.03. The van der Waals surface area contributed by atoms with E-state index in [1.807, 2.05) is 13.0 Å². The van der Waals surface area contributed by atoms with Gasteiger partial charge in [0.15, 0.2) is 5.13 Å². The summed E-state index contributed by atoms with van der Waals surface area (Å²) in [4.78, 5) is 27.0. The predicted octanol–water partition coefficient (Wildman–Crippen LogP) is 4.51. The van der Waals surface area contributed by atoms with Crippen molar-refractivity contribution in [3.05, 3.63) is 57.1 Å². The number of non-ortho nitro benzene ring substituents is 1. The van der Waals surface area contributed by atoms with Gasteiger partial charge in [-0.05, 0) is 31.2 Å². The minimum absolute atomic E-state index is 0.0186. The third-order valence-corrected chi connectivity index (χ3v) is 4.56. The molecule has 0 radical (unpaired) electrons. The number of nitro groups is 1. The highest BCUT2D eigenvalue weighted by Gasteiger charge is 2.17. The minimum atomic E-state index is -0.583. The molecule has 1 N–H and O–H groups in total. The number of carbonyl (C=O) groups excluding carboxylic acids is 1. The van der Waals surface area contributed by atoms with Gasteiger partial charge >= 0.3 is 0 Å².